The molecule has 1 fully saturated rings. The zero-order valence-electron chi connectivity index (χ0n) is 18.5. The summed E-state index contributed by atoms with van der Waals surface area (Å²) in [5.41, 5.74) is 2.83. The number of hydrogen-bond acceptors (Lipinski definition) is 5. The van der Waals surface area contributed by atoms with Gasteiger partial charge < -0.3 is 19.9 Å². The average molecular weight is 436 g/mol. The van der Waals surface area contributed by atoms with Gasteiger partial charge in [0, 0.05) is 37.9 Å². The van der Waals surface area contributed by atoms with Crippen molar-refractivity contribution in [2.24, 2.45) is 0 Å². The molecule has 7 heteroatoms. The molecule has 2 aromatic rings. The van der Waals surface area contributed by atoms with Crippen molar-refractivity contribution in [2.45, 2.75) is 13.3 Å². The Hall–Kier alpha value is -3.45. The van der Waals surface area contributed by atoms with Crippen molar-refractivity contribution in [2.75, 3.05) is 45.2 Å². The Morgan fingerprint density at radius 1 is 0.969 bits per heavy atom. The fourth-order valence-electron chi connectivity index (χ4n) is 3.51. The Bertz CT molecular complexity index is 960. The van der Waals surface area contributed by atoms with Crippen LogP contribution in [0.3, 0.4) is 0 Å². The van der Waals surface area contributed by atoms with Crippen molar-refractivity contribution >= 4 is 29.5 Å². The fourth-order valence-corrected chi connectivity index (χ4v) is 3.51. The van der Waals surface area contributed by atoms with Crippen molar-refractivity contribution in [3.8, 4) is 0 Å². The minimum Gasteiger partial charge on any atom is -0.465 e. The molecule has 0 saturated carbocycles. The minimum atomic E-state index is -0.400. The molecular formula is C25H29N3O4. The molecule has 0 atom stereocenters. The van der Waals surface area contributed by atoms with Crippen molar-refractivity contribution in [3.05, 3.63) is 71.3 Å². The molecule has 0 bridgehead atoms. The monoisotopic (exact) mass is 435 g/mol. The van der Waals surface area contributed by atoms with Gasteiger partial charge in [-0.1, -0.05) is 31.2 Å². The predicted octanol–water partition coefficient (Wildman–Crippen LogP) is 2.83. The normalized spacial score (nSPS) is 14.4. The van der Waals surface area contributed by atoms with Crippen LogP contribution in [0, 0.1) is 0 Å². The Balaban J connectivity index is 1.48. The zero-order chi connectivity index (χ0) is 22.9. The molecule has 3 rings (SSSR count). The topological polar surface area (TPSA) is 79.0 Å². The number of ether oxygens (including phenoxy) is 1. The molecule has 1 aliphatic heterocycles. The van der Waals surface area contributed by atoms with E-state index >= 15 is 0 Å². The lowest BCUT2D eigenvalue weighted by molar-refractivity contribution is -0.132. The average Bonchev–Trinajstić information content (AvgIpc) is 2.83. The maximum absolute atomic E-state index is 12.5. The van der Waals surface area contributed by atoms with Crippen molar-refractivity contribution in [3.63, 3.8) is 0 Å². The van der Waals surface area contributed by atoms with E-state index in [1.807, 2.05) is 17.0 Å². The molecule has 32 heavy (non-hydrogen) atoms. The summed E-state index contributed by atoms with van der Waals surface area (Å²) in [4.78, 5) is 40.4. The molecule has 2 amide bonds. The first kappa shape index (κ1) is 23.2. The molecule has 1 N–H and O–H groups in total. The second kappa shape index (κ2) is 11.2. The lowest BCUT2D eigenvalue weighted by atomic mass is 10.1. The van der Waals surface area contributed by atoms with E-state index in [2.05, 4.69) is 21.9 Å². The molecule has 2 aromatic carbocycles. The second-order valence-corrected chi connectivity index (χ2v) is 7.62. The molecule has 0 radical (unpaired) electrons. The van der Waals surface area contributed by atoms with Crippen LogP contribution in [0.2, 0.25) is 0 Å². The van der Waals surface area contributed by atoms with Gasteiger partial charge in [0.2, 0.25) is 11.8 Å². The summed E-state index contributed by atoms with van der Waals surface area (Å²) in [5.74, 6) is -0.527. The summed E-state index contributed by atoms with van der Waals surface area (Å²) >= 11 is 0. The number of nitrogens with zero attached hydrogens (tertiary/aromatic N) is 2. The second-order valence-electron chi connectivity index (χ2n) is 7.62. The number of rotatable bonds is 7. The van der Waals surface area contributed by atoms with E-state index in [-0.39, 0.29) is 11.8 Å². The van der Waals surface area contributed by atoms with Gasteiger partial charge >= 0.3 is 5.97 Å². The van der Waals surface area contributed by atoms with Crippen LogP contribution in [0.15, 0.2) is 54.6 Å². The van der Waals surface area contributed by atoms with Gasteiger partial charge in [-0.3, -0.25) is 9.59 Å². The zero-order valence-corrected chi connectivity index (χ0v) is 18.5. The van der Waals surface area contributed by atoms with Crippen LogP contribution in [0.1, 0.15) is 28.4 Å². The Morgan fingerprint density at radius 3 is 2.22 bits per heavy atom. The summed E-state index contributed by atoms with van der Waals surface area (Å²) in [5, 5.41) is 2.81. The summed E-state index contributed by atoms with van der Waals surface area (Å²) in [7, 11) is 1.33. The molecule has 168 valence electrons. The van der Waals surface area contributed by atoms with Crippen LogP contribution in [-0.2, 0) is 20.7 Å². The van der Waals surface area contributed by atoms with E-state index in [1.54, 1.807) is 42.5 Å². The van der Waals surface area contributed by atoms with Gasteiger partial charge in [0.05, 0.1) is 19.1 Å². The van der Waals surface area contributed by atoms with E-state index in [0.29, 0.717) is 17.7 Å². The lowest BCUT2D eigenvalue weighted by Crippen LogP contribution is -2.48. The van der Waals surface area contributed by atoms with Gasteiger partial charge in [0.15, 0.2) is 0 Å². The molecule has 7 nitrogen and oxygen atoms in total. The number of esters is 1. The van der Waals surface area contributed by atoms with Crippen molar-refractivity contribution < 1.29 is 19.1 Å². The SMILES string of the molecule is CCN1CCN(C(=O)Cc2ccc(NC(=O)/C=C\c3ccc(C(=O)OC)cc3)cc2)CC1. The molecular weight excluding hydrogens is 406 g/mol. The van der Waals surface area contributed by atoms with Crippen LogP contribution >= 0.6 is 0 Å². The third-order valence-electron chi connectivity index (χ3n) is 5.51. The van der Waals surface area contributed by atoms with E-state index in [0.717, 1.165) is 43.9 Å². The minimum absolute atomic E-state index is 0.138. The number of likely N-dealkylation sites (N-methyl/N-ethyl adjacent to an activating group) is 1. The summed E-state index contributed by atoms with van der Waals surface area (Å²) in [6.45, 7) is 6.56. The molecule has 1 saturated heterocycles. The van der Waals surface area contributed by atoms with Crippen LogP contribution in [0.4, 0.5) is 5.69 Å². The molecule has 0 spiro atoms. The van der Waals surface area contributed by atoms with Crippen LogP contribution in [-0.4, -0.2) is 67.4 Å². The number of piperazine rings is 1. The van der Waals surface area contributed by atoms with Crippen molar-refractivity contribution in [1.82, 2.24) is 9.80 Å². The van der Waals surface area contributed by atoms with E-state index in [9.17, 15) is 14.4 Å². The maximum atomic E-state index is 12.5. The van der Waals surface area contributed by atoms with E-state index in [4.69, 9.17) is 0 Å². The highest BCUT2D eigenvalue weighted by atomic mass is 16.5. The summed E-state index contributed by atoms with van der Waals surface area (Å²) < 4.78 is 4.67. The first-order valence-electron chi connectivity index (χ1n) is 10.7. The summed E-state index contributed by atoms with van der Waals surface area (Å²) in [6.07, 6.45) is 3.46. The van der Waals surface area contributed by atoms with E-state index < -0.39 is 5.97 Å². The number of anilines is 1. The van der Waals surface area contributed by atoms with E-state index in [1.165, 1.54) is 13.2 Å². The maximum Gasteiger partial charge on any atom is 0.337 e. The number of hydrogen-bond donors (Lipinski definition) is 1. The predicted molar refractivity (Wildman–Crippen MR) is 124 cm³/mol. The number of carbonyl (C=O) groups excluding carboxylic acids is 3. The Kier molecular flexibility index (Phi) is 8.16. The quantitative estimate of drug-likeness (QED) is 0.535. The number of carbonyl (C=O) groups is 3. The first-order valence-corrected chi connectivity index (χ1v) is 10.7. The largest absolute Gasteiger partial charge is 0.465 e. The summed E-state index contributed by atoms with van der Waals surface area (Å²) in [6, 6.07) is 14.1. The van der Waals surface area contributed by atoms with Gasteiger partial charge in [-0.15, -0.1) is 0 Å². The standard InChI is InChI=1S/C25H29N3O4/c1-3-27-14-16-28(17-15-27)24(30)18-20-6-11-22(12-7-20)26-23(29)13-8-19-4-9-21(10-5-19)25(31)32-2/h4-13H,3,14-18H2,1-2H3,(H,26,29)/b13-8-. The molecule has 1 heterocycles. The number of benzene rings is 2. The molecule has 1 aliphatic rings. The Labute approximate surface area is 188 Å². The van der Waals surface area contributed by atoms with Gasteiger partial charge in [0.25, 0.3) is 0 Å². The van der Waals surface area contributed by atoms with Gasteiger partial charge in [-0.25, -0.2) is 4.79 Å². The molecule has 0 unspecified atom stereocenters. The number of amides is 2. The highest BCUT2D eigenvalue weighted by Gasteiger charge is 2.20. The molecule has 0 aromatic heterocycles. The Morgan fingerprint density at radius 2 is 1.62 bits per heavy atom. The number of nitrogens with one attached hydrogen (secondary N) is 1. The highest BCUT2D eigenvalue weighted by molar-refractivity contribution is 6.02. The highest BCUT2D eigenvalue weighted by Crippen LogP contribution is 2.13. The van der Waals surface area contributed by atoms with Gasteiger partial charge in [-0.05, 0) is 48.0 Å². The fraction of sp³-hybridized carbons (Fsp3) is 0.320. The van der Waals surface area contributed by atoms with Crippen molar-refractivity contribution in [1.29, 1.82) is 0 Å². The molecule has 0 aliphatic carbocycles. The van der Waals surface area contributed by atoms with Crippen LogP contribution < -0.4 is 5.32 Å². The van der Waals surface area contributed by atoms with Crippen LogP contribution in [0.5, 0.6) is 0 Å². The third-order valence-corrected chi connectivity index (χ3v) is 5.51. The third kappa shape index (κ3) is 6.52. The van der Waals surface area contributed by atoms with Gasteiger partial charge in [0.1, 0.15) is 0 Å². The first-order chi connectivity index (χ1) is 15.5. The van der Waals surface area contributed by atoms with Gasteiger partial charge in [-0.2, -0.15) is 0 Å². The van der Waals surface area contributed by atoms with Crippen LogP contribution in [0.25, 0.3) is 6.08 Å². The number of methoxy groups -OCH3 is 1. The smallest absolute Gasteiger partial charge is 0.337 e. The lowest BCUT2D eigenvalue weighted by Gasteiger charge is -2.34.